The van der Waals surface area contributed by atoms with Crippen LogP contribution in [-0.4, -0.2) is 38.7 Å². The standard InChI is InChI=1S/C22H27N5O2/c1-2-18-8-9-19(29-18)16-26-11-10-20-24-25-21(27(20)13-12-26)15-23-22(28)14-17-6-4-3-5-7-17/h3-9H,2,10-16H2,1H3,(H,23,28). The molecule has 0 saturated heterocycles. The second kappa shape index (κ2) is 9.05. The maximum absolute atomic E-state index is 12.2. The van der Waals surface area contributed by atoms with Gasteiger partial charge < -0.3 is 14.3 Å². The minimum atomic E-state index is -0.00616. The number of fused-ring (bicyclic) bond motifs is 1. The van der Waals surface area contributed by atoms with Gasteiger partial charge in [0, 0.05) is 32.5 Å². The van der Waals surface area contributed by atoms with Crippen LogP contribution in [0.25, 0.3) is 0 Å². The molecule has 7 nitrogen and oxygen atoms in total. The fourth-order valence-corrected chi connectivity index (χ4v) is 3.65. The lowest BCUT2D eigenvalue weighted by Gasteiger charge is -2.18. The van der Waals surface area contributed by atoms with Crippen LogP contribution in [-0.2, 0) is 43.7 Å². The van der Waals surface area contributed by atoms with Crippen molar-refractivity contribution in [2.24, 2.45) is 0 Å². The molecule has 1 amide bonds. The first-order chi connectivity index (χ1) is 14.2. The van der Waals surface area contributed by atoms with Gasteiger partial charge in [-0.25, -0.2) is 0 Å². The van der Waals surface area contributed by atoms with Crippen LogP contribution in [0.4, 0.5) is 0 Å². The molecule has 0 fully saturated rings. The summed E-state index contributed by atoms with van der Waals surface area (Å²) in [5, 5.41) is 11.6. The number of benzene rings is 1. The van der Waals surface area contributed by atoms with Crippen LogP contribution in [0, 0.1) is 0 Å². The summed E-state index contributed by atoms with van der Waals surface area (Å²) in [6.45, 7) is 5.94. The maximum atomic E-state index is 12.2. The number of hydrogen-bond donors (Lipinski definition) is 1. The molecule has 2 aromatic heterocycles. The van der Waals surface area contributed by atoms with Gasteiger partial charge in [0.05, 0.1) is 19.5 Å². The lowest BCUT2D eigenvalue weighted by atomic mass is 10.1. The molecular formula is C22H27N5O2. The van der Waals surface area contributed by atoms with Gasteiger partial charge in [0.15, 0.2) is 5.82 Å². The second-order valence-electron chi connectivity index (χ2n) is 7.37. The molecule has 7 heteroatoms. The van der Waals surface area contributed by atoms with Crippen molar-refractivity contribution >= 4 is 5.91 Å². The van der Waals surface area contributed by atoms with E-state index in [1.165, 1.54) is 0 Å². The zero-order chi connectivity index (χ0) is 20.1. The normalized spacial score (nSPS) is 14.4. The summed E-state index contributed by atoms with van der Waals surface area (Å²) in [5.74, 6) is 3.82. The monoisotopic (exact) mass is 393 g/mol. The Morgan fingerprint density at radius 2 is 1.90 bits per heavy atom. The average Bonchev–Trinajstić information content (AvgIpc) is 3.30. The summed E-state index contributed by atoms with van der Waals surface area (Å²) in [4.78, 5) is 14.6. The van der Waals surface area contributed by atoms with E-state index >= 15 is 0 Å². The summed E-state index contributed by atoms with van der Waals surface area (Å²) < 4.78 is 7.99. The zero-order valence-corrected chi connectivity index (χ0v) is 16.8. The van der Waals surface area contributed by atoms with Crippen molar-refractivity contribution in [2.75, 3.05) is 13.1 Å². The average molecular weight is 393 g/mol. The van der Waals surface area contributed by atoms with Crippen molar-refractivity contribution in [1.29, 1.82) is 0 Å². The first-order valence-corrected chi connectivity index (χ1v) is 10.2. The van der Waals surface area contributed by atoms with Crippen molar-refractivity contribution in [1.82, 2.24) is 25.0 Å². The number of nitrogens with one attached hydrogen (secondary N) is 1. The van der Waals surface area contributed by atoms with Gasteiger partial charge in [-0.15, -0.1) is 10.2 Å². The molecule has 29 heavy (non-hydrogen) atoms. The van der Waals surface area contributed by atoms with Crippen molar-refractivity contribution in [2.45, 2.75) is 45.8 Å². The minimum absolute atomic E-state index is 0.00616. The van der Waals surface area contributed by atoms with E-state index in [1.54, 1.807) is 0 Å². The molecule has 0 aliphatic carbocycles. The maximum Gasteiger partial charge on any atom is 0.224 e. The van der Waals surface area contributed by atoms with Crippen LogP contribution < -0.4 is 5.32 Å². The van der Waals surface area contributed by atoms with Crippen LogP contribution >= 0.6 is 0 Å². The Kier molecular flexibility index (Phi) is 6.05. The predicted molar refractivity (Wildman–Crippen MR) is 109 cm³/mol. The molecule has 1 N–H and O–H groups in total. The molecule has 152 valence electrons. The van der Waals surface area contributed by atoms with Crippen molar-refractivity contribution < 1.29 is 9.21 Å². The van der Waals surface area contributed by atoms with Gasteiger partial charge in [-0.2, -0.15) is 0 Å². The third-order valence-electron chi connectivity index (χ3n) is 5.29. The Bertz CT molecular complexity index is 947. The summed E-state index contributed by atoms with van der Waals surface area (Å²) in [6.07, 6.45) is 2.13. The highest BCUT2D eigenvalue weighted by Crippen LogP contribution is 2.15. The van der Waals surface area contributed by atoms with E-state index in [2.05, 4.69) is 44.0 Å². The van der Waals surface area contributed by atoms with E-state index < -0.39 is 0 Å². The molecule has 1 aliphatic heterocycles. The van der Waals surface area contributed by atoms with Gasteiger partial charge in [-0.05, 0) is 17.7 Å². The van der Waals surface area contributed by atoms with E-state index in [9.17, 15) is 4.79 Å². The van der Waals surface area contributed by atoms with Crippen LogP contribution in [0.3, 0.4) is 0 Å². The lowest BCUT2D eigenvalue weighted by Crippen LogP contribution is -2.28. The number of carbonyl (C=O) groups excluding carboxylic acids is 1. The number of furan rings is 1. The Morgan fingerprint density at radius 1 is 1.07 bits per heavy atom. The van der Waals surface area contributed by atoms with Crippen LogP contribution in [0.1, 0.15) is 35.7 Å². The Hall–Kier alpha value is -2.93. The molecule has 3 heterocycles. The van der Waals surface area contributed by atoms with E-state index in [-0.39, 0.29) is 5.91 Å². The Morgan fingerprint density at radius 3 is 2.69 bits per heavy atom. The fourth-order valence-electron chi connectivity index (χ4n) is 3.65. The summed E-state index contributed by atoms with van der Waals surface area (Å²) in [6, 6.07) is 13.9. The van der Waals surface area contributed by atoms with Gasteiger partial charge >= 0.3 is 0 Å². The highest BCUT2D eigenvalue weighted by molar-refractivity contribution is 5.78. The number of aromatic nitrogens is 3. The summed E-state index contributed by atoms with van der Waals surface area (Å²) in [5.41, 5.74) is 1.00. The molecular weight excluding hydrogens is 366 g/mol. The number of amides is 1. The fraction of sp³-hybridized carbons (Fsp3) is 0.409. The van der Waals surface area contributed by atoms with Crippen LogP contribution in [0.2, 0.25) is 0 Å². The molecule has 0 saturated carbocycles. The number of hydrogen-bond acceptors (Lipinski definition) is 5. The first kappa shape index (κ1) is 19.4. The predicted octanol–water partition coefficient (Wildman–Crippen LogP) is 2.35. The van der Waals surface area contributed by atoms with Crippen molar-refractivity contribution in [3.63, 3.8) is 0 Å². The second-order valence-corrected chi connectivity index (χ2v) is 7.37. The smallest absolute Gasteiger partial charge is 0.224 e. The molecule has 3 aromatic rings. The molecule has 0 unspecified atom stereocenters. The minimum Gasteiger partial charge on any atom is -0.465 e. The SMILES string of the molecule is CCc1ccc(CN2CCc3nnc(CNC(=O)Cc4ccccc4)n3CC2)o1. The van der Waals surface area contributed by atoms with E-state index in [0.717, 1.165) is 67.8 Å². The molecule has 0 atom stereocenters. The first-order valence-electron chi connectivity index (χ1n) is 10.2. The Labute approximate surface area is 170 Å². The van der Waals surface area contributed by atoms with Gasteiger partial charge in [-0.1, -0.05) is 37.3 Å². The number of rotatable bonds is 7. The number of nitrogens with zero attached hydrogens (tertiary/aromatic N) is 4. The summed E-state index contributed by atoms with van der Waals surface area (Å²) >= 11 is 0. The van der Waals surface area contributed by atoms with Gasteiger partial charge in [0.1, 0.15) is 17.3 Å². The lowest BCUT2D eigenvalue weighted by molar-refractivity contribution is -0.120. The Balaban J connectivity index is 1.31. The molecule has 0 radical (unpaired) electrons. The van der Waals surface area contributed by atoms with Gasteiger partial charge in [0.2, 0.25) is 5.91 Å². The molecule has 0 bridgehead atoms. The largest absolute Gasteiger partial charge is 0.465 e. The third kappa shape index (κ3) is 4.92. The van der Waals surface area contributed by atoms with Gasteiger partial charge in [0.25, 0.3) is 0 Å². The van der Waals surface area contributed by atoms with E-state index in [0.29, 0.717) is 13.0 Å². The highest BCUT2D eigenvalue weighted by Gasteiger charge is 2.20. The number of carbonyl (C=O) groups is 1. The van der Waals surface area contributed by atoms with Gasteiger partial charge in [-0.3, -0.25) is 9.69 Å². The van der Waals surface area contributed by atoms with E-state index in [1.807, 2.05) is 30.3 Å². The molecule has 0 spiro atoms. The third-order valence-corrected chi connectivity index (χ3v) is 5.29. The van der Waals surface area contributed by atoms with Crippen molar-refractivity contribution in [3.8, 4) is 0 Å². The van der Waals surface area contributed by atoms with E-state index in [4.69, 9.17) is 4.42 Å². The molecule has 1 aliphatic rings. The zero-order valence-electron chi connectivity index (χ0n) is 16.8. The van der Waals surface area contributed by atoms with Crippen LogP contribution in [0.15, 0.2) is 46.9 Å². The quantitative estimate of drug-likeness (QED) is 0.667. The topological polar surface area (TPSA) is 76.2 Å². The molecule has 4 rings (SSSR count). The van der Waals surface area contributed by atoms with Crippen molar-refractivity contribution in [3.05, 3.63) is 71.2 Å². The molecule has 1 aromatic carbocycles. The summed E-state index contributed by atoms with van der Waals surface area (Å²) in [7, 11) is 0. The number of aryl methyl sites for hydroxylation is 1. The highest BCUT2D eigenvalue weighted by atomic mass is 16.3. The van der Waals surface area contributed by atoms with Crippen LogP contribution in [0.5, 0.6) is 0 Å².